The number of benzene rings is 2. The van der Waals surface area contributed by atoms with E-state index in [1.54, 1.807) is 18.9 Å². The maximum absolute atomic E-state index is 12.0. The van der Waals surface area contributed by atoms with E-state index in [1.807, 2.05) is 48.5 Å². The van der Waals surface area contributed by atoms with Gasteiger partial charge in [0.1, 0.15) is 18.1 Å². The summed E-state index contributed by atoms with van der Waals surface area (Å²) in [6.45, 7) is 0.957. The second-order valence-corrected chi connectivity index (χ2v) is 6.15. The van der Waals surface area contributed by atoms with Crippen LogP contribution in [0.25, 0.3) is 0 Å². The van der Waals surface area contributed by atoms with Gasteiger partial charge in [-0.15, -0.1) is 11.8 Å². The minimum Gasteiger partial charge on any atom is -0.497 e. The van der Waals surface area contributed by atoms with Gasteiger partial charge in [-0.2, -0.15) is 0 Å². The Bertz CT molecular complexity index is 630. The number of thioether (sulfide) groups is 1. The first kappa shape index (κ1) is 18.2. The van der Waals surface area contributed by atoms with Crippen LogP contribution in [0.3, 0.4) is 0 Å². The van der Waals surface area contributed by atoms with E-state index < -0.39 is 0 Å². The lowest BCUT2D eigenvalue weighted by Crippen LogP contribution is -2.12. The van der Waals surface area contributed by atoms with Crippen molar-refractivity contribution in [2.24, 2.45) is 5.73 Å². The van der Waals surface area contributed by atoms with Crippen LogP contribution in [0.1, 0.15) is 6.42 Å². The van der Waals surface area contributed by atoms with E-state index in [0.29, 0.717) is 19.6 Å². The summed E-state index contributed by atoms with van der Waals surface area (Å²) in [5.74, 6) is 2.28. The molecule has 0 aliphatic heterocycles. The quantitative estimate of drug-likeness (QED) is 0.682. The van der Waals surface area contributed by atoms with E-state index in [0.717, 1.165) is 27.8 Å². The van der Waals surface area contributed by atoms with Gasteiger partial charge in [0.15, 0.2) is 0 Å². The summed E-state index contributed by atoms with van der Waals surface area (Å²) in [6, 6.07) is 15.1. The van der Waals surface area contributed by atoms with Crippen molar-refractivity contribution in [3.8, 4) is 11.5 Å². The van der Waals surface area contributed by atoms with Gasteiger partial charge in [-0.3, -0.25) is 4.79 Å². The van der Waals surface area contributed by atoms with Crippen LogP contribution in [0.5, 0.6) is 11.5 Å². The summed E-state index contributed by atoms with van der Waals surface area (Å²) >= 11 is 1.64. The molecule has 0 saturated heterocycles. The van der Waals surface area contributed by atoms with E-state index in [4.69, 9.17) is 15.2 Å². The molecule has 0 aliphatic carbocycles. The van der Waals surface area contributed by atoms with Crippen molar-refractivity contribution in [2.45, 2.75) is 11.3 Å². The highest BCUT2D eigenvalue weighted by Crippen LogP contribution is 2.22. The van der Waals surface area contributed by atoms with Gasteiger partial charge in [-0.05, 0) is 48.5 Å². The van der Waals surface area contributed by atoms with Crippen LogP contribution in [0.2, 0.25) is 0 Å². The number of hydrogen-bond acceptors (Lipinski definition) is 5. The first-order chi connectivity index (χ1) is 11.7. The van der Waals surface area contributed by atoms with Crippen molar-refractivity contribution in [2.75, 3.05) is 31.3 Å². The Kier molecular flexibility index (Phi) is 7.45. The van der Waals surface area contributed by atoms with Crippen LogP contribution in [-0.2, 0) is 4.79 Å². The van der Waals surface area contributed by atoms with Crippen molar-refractivity contribution in [3.63, 3.8) is 0 Å². The summed E-state index contributed by atoms with van der Waals surface area (Å²) < 4.78 is 10.5. The fourth-order valence-corrected chi connectivity index (χ4v) is 2.82. The van der Waals surface area contributed by atoms with Gasteiger partial charge in [0.05, 0.1) is 7.11 Å². The second-order valence-electron chi connectivity index (χ2n) is 4.98. The van der Waals surface area contributed by atoms with Crippen LogP contribution in [0.4, 0.5) is 5.69 Å². The van der Waals surface area contributed by atoms with E-state index >= 15 is 0 Å². The lowest BCUT2D eigenvalue weighted by Gasteiger charge is -2.08. The number of hydrogen-bond donors (Lipinski definition) is 2. The smallest absolute Gasteiger partial charge is 0.225 e. The lowest BCUT2D eigenvalue weighted by molar-refractivity contribution is -0.115. The van der Waals surface area contributed by atoms with Crippen molar-refractivity contribution >= 4 is 23.4 Å². The van der Waals surface area contributed by atoms with Gasteiger partial charge in [0.25, 0.3) is 0 Å². The topological polar surface area (TPSA) is 73.6 Å². The molecule has 0 atom stereocenters. The standard InChI is InChI=1S/C18H22N2O3S/c1-22-15-6-8-17(9-7-15)24-13-10-18(21)20-14-2-4-16(5-3-14)23-12-11-19/h2-9H,10-13,19H2,1H3,(H,20,21). The summed E-state index contributed by atoms with van der Waals surface area (Å²) in [7, 11) is 1.64. The number of carbonyl (C=O) groups excluding carboxylic acids is 1. The first-order valence-electron chi connectivity index (χ1n) is 7.71. The Morgan fingerprint density at radius 2 is 1.75 bits per heavy atom. The molecule has 0 spiro atoms. The zero-order chi connectivity index (χ0) is 17.2. The number of carbonyl (C=O) groups is 1. The Hall–Kier alpha value is -2.18. The third-order valence-corrected chi connectivity index (χ3v) is 4.20. The molecule has 0 heterocycles. The second kappa shape index (κ2) is 9.85. The molecule has 6 heteroatoms. The molecule has 5 nitrogen and oxygen atoms in total. The molecule has 1 amide bonds. The van der Waals surface area contributed by atoms with Crippen molar-refractivity contribution < 1.29 is 14.3 Å². The largest absolute Gasteiger partial charge is 0.497 e. The molecule has 0 aromatic heterocycles. The fourth-order valence-electron chi connectivity index (χ4n) is 1.97. The molecule has 3 N–H and O–H groups in total. The van der Waals surface area contributed by atoms with Gasteiger partial charge in [-0.1, -0.05) is 0 Å². The molecule has 0 radical (unpaired) electrons. The molecular weight excluding hydrogens is 324 g/mol. The minimum absolute atomic E-state index is 0.00774. The summed E-state index contributed by atoms with van der Waals surface area (Å²) in [4.78, 5) is 13.1. The molecule has 0 aliphatic rings. The molecule has 0 unspecified atom stereocenters. The average Bonchev–Trinajstić information content (AvgIpc) is 2.62. The maximum atomic E-state index is 12.0. The van der Waals surface area contributed by atoms with E-state index in [2.05, 4.69) is 5.32 Å². The monoisotopic (exact) mass is 346 g/mol. The number of ether oxygens (including phenoxy) is 2. The molecule has 0 bridgehead atoms. The third kappa shape index (κ3) is 6.14. The van der Waals surface area contributed by atoms with E-state index in [-0.39, 0.29) is 5.91 Å². The Labute approximate surface area is 146 Å². The number of anilines is 1. The van der Waals surface area contributed by atoms with Crippen molar-refractivity contribution in [1.82, 2.24) is 0 Å². The molecule has 0 saturated carbocycles. The van der Waals surface area contributed by atoms with Gasteiger partial charge >= 0.3 is 0 Å². The molecule has 0 fully saturated rings. The van der Waals surface area contributed by atoms with E-state index in [9.17, 15) is 4.79 Å². The third-order valence-electron chi connectivity index (χ3n) is 3.18. The number of rotatable bonds is 9. The average molecular weight is 346 g/mol. The zero-order valence-electron chi connectivity index (χ0n) is 13.7. The Morgan fingerprint density at radius 3 is 2.38 bits per heavy atom. The minimum atomic E-state index is -0.00774. The van der Waals surface area contributed by atoms with Gasteiger partial charge in [-0.25, -0.2) is 0 Å². The maximum Gasteiger partial charge on any atom is 0.225 e. The molecule has 24 heavy (non-hydrogen) atoms. The van der Waals surface area contributed by atoms with Gasteiger partial charge in [0.2, 0.25) is 5.91 Å². The Balaban J connectivity index is 1.72. The SMILES string of the molecule is COc1ccc(SCCC(=O)Nc2ccc(OCCN)cc2)cc1. The van der Waals surface area contributed by atoms with Crippen LogP contribution in [0.15, 0.2) is 53.4 Å². The number of nitrogens with two attached hydrogens (primary N) is 1. The van der Waals surface area contributed by atoms with Gasteiger partial charge in [0, 0.05) is 29.3 Å². The molecule has 128 valence electrons. The molecule has 2 aromatic rings. The number of amides is 1. The highest BCUT2D eigenvalue weighted by molar-refractivity contribution is 7.99. The molecule has 2 rings (SSSR count). The number of nitrogens with one attached hydrogen (secondary N) is 1. The van der Waals surface area contributed by atoms with E-state index in [1.165, 1.54) is 0 Å². The summed E-state index contributed by atoms with van der Waals surface area (Å²) in [5, 5.41) is 2.88. The molecule has 2 aromatic carbocycles. The lowest BCUT2D eigenvalue weighted by atomic mass is 10.3. The predicted molar refractivity (Wildman–Crippen MR) is 98.0 cm³/mol. The highest BCUT2D eigenvalue weighted by Gasteiger charge is 2.04. The van der Waals surface area contributed by atoms with Crippen LogP contribution >= 0.6 is 11.8 Å². The van der Waals surface area contributed by atoms with Crippen molar-refractivity contribution in [3.05, 3.63) is 48.5 Å². The fraction of sp³-hybridized carbons (Fsp3) is 0.278. The predicted octanol–water partition coefficient (Wildman–Crippen LogP) is 3.15. The van der Waals surface area contributed by atoms with Crippen LogP contribution < -0.4 is 20.5 Å². The van der Waals surface area contributed by atoms with Crippen LogP contribution in [-0.4, -0.2) is 31.9 Å². The normalized spacial score (nSPS) is 10.2. The number of methoxy groups -OCH3 is 1. The first-order valence-corrected chi connectivity index (χ1v) is 8.69. The van der Waals surface area contributed by atoms with Gasteiger partial charge < -0.3 is 20.5 Å². The van der Waals surface area contributed by atoms with Crippen LogP contribution in [0, 0.1) is 0 Å². The molecular formula is C18H22N2O3S. The Morgan fingerprint density at radius 1 is 1.08 bits per heavy atom. The zero-order valence-corrected chi connectivity index (χ0v) is 14.5. The highest BCUT2D eigenvalue weighted by atomic mass is 32.2. The summed E-state index contributed by atoms with van der Waals surface area (Å²) in [6.07, 6.45) is 0.447. The van der Waals surface area contributed by atoms with Crippen molar-refractivity contribution in [1.29, 1.82) is 0 Å². The summed E-state index contributed by atoms with van der Waals surface area (Å²) in [5.41, 5.74) is 6.14.